The van der Waals surface area contributed by atoms with Crippen molar-refractivity contribution in [1.29, 1.82) is 0 Å². The lowest BCUT2D eigenvalue weighted by Crippen LogP contribution is -2.59. The van der Waals surface area contributed by atoms with Crippen LogP contribution in [0.2, 0.25) is 4.34 Å². The Hall–Kier alpha value is -1.07. The lowest BCUT2D eigenvalue weighted by Gasteiger charge is -2.32. The molecule has 1 N–H and O–H groups in total. The number of nitrogens with zero attached hydrogens (tertiary/aromatic N) is 1. The highest BCUT2D eigenvalue weighted by Gasteiger charge is 2.42. The Morgan fingerprint density at radius 2 is 2.16 bits per heavy atom. The lowest BCUT2D eigenvalue weighted by atomic mass is 10.1. The van der Waals surface area contributed by atoms with Crippen LogP contribution in [0.25, 0.3) is 0 Å². The van der Waals surface area contributed by atoms with Crippen LogP contribution in [0, 0.1) is 5.92 Å². The number of halogens is 1. The summed E-state index contributed by atoms with van der Waals surface area (Å²) >= 11 is 7.41. The van der Waals surface area contributed by atoms with Gasteiger partial charge in [-0.3, -0.25) is 9.59 Å². The number of hydrogen-bond acceptors (Lipinski definition) is 3. The van der Waals surface area contributed by atoms with E-state index in [1.54, 1.807) is 4.90 Å². The first-order valence-corrected chi connectivity index (χ1v) is 7.65. The van der Waals surface area contributed by atoms with E-state index < -0.39 is 0 Å². The fraction of sp³-hybridized carbons (Fsp3) is 0.538. The summed E-state index contributed by atoms with van der Waals surface area (Å²) in [6.45, 7) is 0.771. The standard InChI is InChI=1S/C13H15ClN2O2S/c14-10-4-3-9(19-10)5-6-16-7-11(17)15-12(13(16)18)8-1-2-8/h3-4,8,12H,1-2,5-7H2,(H,15,17). The molecule has 19 heavy (non-hydrogen) atoms. The molecule has 0 radical (unpaired) electrons. The first-order valence-electron chi connectivity index (χ1n) is 6.46. The second-order valence-corrected chi connectivity index (χ2v) is 6.90. The van der Waals surface area contributed by atoms with Gasteiger partial charge < -0.3 is 10.2 Å². The summed E-state index contributed by atoms with van der Waals surface area (Å²) in [4.78, 5) is 26.7. The molecule has 2 aliphatic rings. The minimum absolute atomic E-state index is 0.0410. The minimum Gasteiger partial charge on any atom is -0.342 e. The summed E-state index contributed by atoms with van der Waals surface area (Å²) in [5.74, 6) is 0.390. The summed E-state index contributed by atoms with van der Waals surface area (Å²) in [6.07, 6.45) is 2.85. The van der Waals surface area contributed by atoms with Crippen LogP contribution in [0.5, 0.6) is 0 Å². The van der Waals surface area contributed by atoms with Crippen LogP contribution in [0.3, 0.4) is 0 Å². The van der Waals surface area contributed by atoms with Crippen molar-refractivity contribution in [1.82, 2.24) is 10.2 Å². The van der Waals surface area contributed by atoms with Gasteiger partial charge in [0.05, 0.1) is 10.9 Å². The molecule has 1 saturated heterocycles. The molecule has 1 aliphatic heterocycles. The van der Waals surface area contributed by atoms with Gasteiger partial charge in [0.25, 0.3) is 0 Å². The smallest absolute Gasteiger partial charge is 0.245 e. The molecule has 0 aromatic carbocycles. The summed E-state index contributed by atoms with van der Waals surface area (Å²) in [6, 6.07) is 3.55. The van der Waals surface area contributed by atoms with E-state index in [1.165, 1.54) is 11.3 Å². The first-order chi connectivity index (χ1) is 9.13. The van der Waals surface area contributed by atoms with Crippen LogP contribution < -0.4 is 5.32 Å². The predicted molar refractivity (Wildman–Crippen MR) is 74.3 cm³/mol. The highest BCUT2D eigenvalue weighted by molar-refractivity contribution is 7.16. The average Bonchev–Trinajstić information content (AvgIpc) is 3.13. The third-order valence-electron chi connectivity index (χ3n) is 3.58. The van der Waals surface area contributed by atoms with Crippen molar-refractivity contribution < 1.29 is 9.59 Å². The maximum absolute atomic E-state index is 12.3. The number of carbonyl (C=O) groups excluding carboxylic acids is 2. The monoisotopic (exact) mass is 298 g/mol. The van der Waals surface area contributed by atoms with Crippen LogP contribution >= 0.6 is 22.9 Å². The lowest BCUT2D eigenvalue weighted by molar-refractivity contribution is -0.144. The average molecular weight is 299 g/mol. The van der Waals surface area contributed by atoms with Gasteiger partial charge in [-0.05, 0) is 37.3 Å². The first kappa shape index (κ1) is 12.9. The molecule has 1 atom stereocenters. The van der Waals surface area contributed by atoms with E-state index in [9.17, 15) is 9.59 Å². The Morgan fingerprint density at radius 3 is 2.79 bits per heavy atom. The molecule has 1 aliphatic carbocycles. The summed E-state index contributed by atoms with van der Waals surface area (Å²) in [5.41, 5.74) is 0. The van der Waals surface area contributed by atoms with Gasteiger partial charge in [-0.1, -0.05) is 11.6 Å². The molecule has 1 aromatic rings. The van der Waals surface area contributed by atoms with Crippen molar-refractivity contribution in [3.63, 3.8) is 0 Å². The maximum atomic E-state index is 12.3. The van der Waals surface area contributed by atoms with Gasteiger partial charge >= 0.3 is 0 Å². The Labute approximate surface area is 120 Å². The largest absolute Gasteiger partial charge is 0.342 e. The van der Waals surface area contributed by atoms with E-state index in [0.717, 1.165) is 28.5 Å². The number of carbonyl (C=O) groups is 2. The number of thiophene rings is 1. The van der Waals surface area contributed by atoms with Crippen LogP contribution in [-0.4, -0.2) is 35.8 Å². The van der Waals surface area contributed by atoms with Gasteiger partial charge in [0, 0.05) is 11.4 Å². The Morgan fingerprint density at radius 1 is 1.37 bits per heavy atom. The van der Waals surface area contributed by atoms with Crippen LogP contribution in [0.4, 0.5) is 0 Å². The second-order valence-electron chi connectivity index (χ2n) is 5.10. The molecule has 2 amide bonds. The molecule has 1 saturated carbocycles. The Balaban J connectivity index is 1.62. The highest BCUT2D eigenvalue weighted by atomic mass is 35.5. The molecule has 1 unspecified atom stereocenters. The maximum Gasteiger partial charge on any atom is 0.245 e. The van der Waals surface area contributed by atoms with Crippen LogP contribution in [0.1, 0.15) is 17.7 Å². The van der Waals surface area contributed by atoms with Gasteiger partial charge in [-0.2, -0.15) is 0 Å². The second kappa shape index (κ2) is 5.13. The molecule has 1 aromatic heterocycles. The number of piperazine rings is 1. The van der Waals surface area contributed by atoms with Crippen molar-refractivity contribution in [2.45, 2.75) is 25.3 Å². The molecule has 2 fully saturated rings. The number of rotatable bonds is 4. The SMILES string of the molecule is O=C1CN(CCc2ccc(Cl)s2)C(=O)C(C2CC2)N1. The van der Waals surface area contributed by atoms with E-state index in [2.05, 4.69) is 5.32 Å². The van der Waals surface area contributed by atoms with Crippen molar-refractivity contribution in [2.24, 2.45) is 5.92 Å². The molecule has 4 nitrogen and oxygen atoms in total. The number of nitrogens with one attached hydrogen (secondary N) is 1. The van der Waals surface area contributed by atoms with Crippen molar-refractivity contribution in [3.8, 4) is 0 Å². The molecule has 0 bridgehead atoms. The molecule has 102 valence electrons. The van der Waals surface area contributed by atoms with E-state index in [0.29, 0.717) is 12.5 Å². The van der Waals surface area contributed by atoms with Crippen molar-refractivity contribution >= 4 is 34.8 Å². The molecular weight excluding hydrogens is 284 g/mol. The van der Waals surface area contributed by atoms with Crippen molar-refractivity contribution in [2.75, 3.05) is 13.1 Å². The van der Waals surface area contributed by atoms with Crippen LogP contribution in [-0.2, 0) is 16.0 Å². The van der Waals surface area contributed by atoms with Gasteiger partial charge in [0.1, 0.15) is 6.04 Å². The highest BCUT2D eigenvalue weighted by Crippen LogP contribution is 2.34. The third-order valence-corrected chi connectivity index (χ3v) is 4.87. The molecule has 3 rings (SSSR count). The zero-order chi connectivity index (χ0) is 13.4. The van der Waals surface area contributed by atoms with Gasteiger partial charge in [-0.25, -0.2) is 0 Å². The third kappa shape index (κ3) is 2.92. The van der Waals surface area contributed by atoms with Crippen molar-refractivity contribution in [3.05, 3.63) is 21.3 Å². The normalized spacial score (nSPS) is 23.6. The van der Waals surface area contributed by atoms with Crippen LogP contribution in [0.15, 0.2) is 12.1 Å². The summed E-state index contributed by atoms with van der Waals surface area (Å²) in [7, 11) is 0. The molecule has 6 heteroatoms. The topological polar surface area (TPSA) is 49.4 Å². The Bertz CT molecular complexity index is 512. The zero-order valence-electron chi connectivity index (χ0n) is 10.4. The molecule has 2 heterocycles. The van der Waals surface area contributed by atoms with Gasteiger partial charge in [0.15, 0.2) is 0 Å². The fourth-order valence-electron chi connectivity index (χ4n) is 2.40. The number of amides is 2. The quantitative estimate of drug-likeness (QED) is 0.919. The molecular formula is C13H15ClN2O2S. The van der Waals surface area contributed by atoms with E-state index in [-0.39, 0.29) is 24.4 Å². The van der Waals surface area contributed by atoms with Gasteiger partial charge in [0.2, 0.25) is 11.8 Å². The van der Waals surface area contributed by atoms with E-state index >= 15 is 0 Å². The van der Waals surface area contributed by atoms with Gasteiger partial charge in [-0.15, -0.1) is 11.3 Å². The van der Waals surface area contributed by atoms with E-state index in [1.807, 2.05) is 12.1 Å². The molecule has 0 spiro atoms. The van der Waals surface area contributed by atoms with E-state index in [4.69, 9.17) is 11.6 Å². The Kier molecular flexibility index (Phi) is 3.50. The fourth-order valence-corrected chi connectivity index (χ4v) is 3.47. The summed E-state index contributed by atoms with van der Waals surface area (Å²) in [5, 5.41) is 2.81. The zero-order valence-corrected chi connectivity index (χ0v) is 12.0. The minimum atomic E-state index is -0.284. The number of hydrogen-bond donors (Lipinski definition) is 1. The predicted octanol–water partition coefficient (Wildman–Crippen LogP) is 1.68. The summed E-state index contributed by atoms with van der Waals surface area (Å²) < 4.78 is 0.758.